The number of aryl methyl sites for hydroxylation is 1. The summed E-state index contributed by atoms with van der Waals surface area (Å²) in [5, 5.41) is 9.40. The number of benzene rings is 2. The minimum absolute atomic E-state index is 0.0834. The van der Waals surface area contributed by atoms with Crippen LogP contribution in [0.5, 0.6) is 5.75 Å². The van der Waals surface area contributed by atoms with Gasteiger partial charge in [-0.25, -0.2) is 9.67 Å². The molecule has 0 fully saturated rings. The summed E-state index contributed by atoms with van der Waals surface area (Å²) in [4.78, 5) is 17.0. The van der Waals surface area contributed by atoms with Gasteiger partial charge in [0, 0.05) is 15.4 Å². The second kappa shape index (κ2) is 9.54. The zero-order valence-corrected chi connectivity index (χ0v) is 19.6. The van der Waals surface area contributed by atoms with Crippen molar-refractivity contribution < 1.29 is 13.9 Å². The first-order chi connectivity index (χ1) is 15.0. The zero-order chi connectivity index (χ0) is 21.8. The number of hydrogen-bond donors (Lipinski definition) is 1. The van der Waals surface area contributed by atoms with Crippen LogP contribution in [-0.4, -0.2) is 20.7 Å². The third-order valence-corrected chi connectivity index (χ3v) is 5.86. The third-order valence-electron chi connectivity index (χ3n) is 4.28. The van der Waals surface area contributed by atoms with Crippen molar-refractivity contribution in [2.75, 3.05) is 5.32 Å². The van der Waals surface area contributed by atoms with Crippen molar-refractivity contribution in [3.8, 4) is 17.0 Å². The molecule has 0 saturated carbocycles. The highest BCUT2D eigenvalue weighted by atomic mass is 79.9. The number of nitrogens with zero attached hydrogens (tertiary/aromatic N) is 3. The molecule has 7 nitrogen and oxygen atoms in total. The lowest BCUT2D eigenvalue weighted by Crippen LogP contribution is -2.19. The van der Waals surface area contributed by atoms with Crippen molar-refractivity contribution >= 4 is 50.5 Å². The number of para-hydroxylation sites is 1. The molecular formula is C21H17BrN4O3S2. The van der Waals surface area contributed by atoms with Crippen LogP contribution in [0.3, 0.4) is 0 Å². The van der Waals surface area contributed by atoms with E-state index in [1.165, 1.54) is 16.0 Å². The molecule has 158 valence electrons. The highest BCUT2D eigenvalue weighted by Gasteiger charge is 2.13. The van der Waals surface area contributed by atoms with Gasteiger partial charge in [0.25, 0.3) is 10.7 Å². The van der Waals surface area contributed by atoms with Crippen LogP contribution in [0, 0.1) is 11.8 Å². The molecule has 1 amide bonds. The number of carbonyl (C=O) groups is 1. The molecule has 10 heteroatoms. The van der Waals surface area contributed by atoms with Gasteiger partial charge in [0.1, 0.15) is 12.3 Å². The molecule has 0 aliphatic heterocycles. The Balaban J connectivity index is 1.36. The second-order valence-electron chi connectivity index (χ2n) is 6.57. The Morgan fingerprint density at radius 3 is 2.81 bits per heavy atom. The maximum atomic E-state index is 12.4. The normalized spacial score (nSPS) is 10.8. The van der Waals surface area contributed by atoms with Gasteiger partial charge in [0.2, 0.25) is 5.91 Å². The summed E-state index contributed by atoms with van der Waals surface area (Å²) in [5.74, 6) is 0.738. The van der Waals surface area contributed by atoms with Crippen LogP contribution in [0.1, 0.15) is 11.5 Å². The number of amides is 1. The zero-order valence-electron chi connectivity index (χ0n) is 16.4. The van der Waals surface area contributed by atoms with E-state index in [4.69, 9.17) is 21.4 Å². The minimum Gasteiger partial charge on any atom is -0.484 e. The number of hydrogen-bond acceptors (Lipinski definition) is 7. The SMILES string of the molecule is Cc1ccccc1OCc1nn(CC(=O)Nc2nc(-c3ccc(Br)cc3)cs2)c(=S)o1. The number of rotatable bonds is 7. The van der Waals surface area contributed by atoms with Crippen molar-refractivity contribution in [1.82, 2.24) is 14.8 Å². The van der Waals surface area contributed by atoms with Gasteiger partial charge in [-0.15, -0.1) is 16.4 Å². The van der Waals surface area contributed by atoms with Gasteiger partial charge in [-0.05, 0) is 42.9 Å². The molecule has 0 aliphatic rings. The lowest BCUT2D eigenvalue weighted by Gasteiger charge is -2.05. The summed E-state index contributed by atoms with van der Waals surface area (Å²) < 4.78 is 13.5. The van der Waals surface area contributed by atoms with Gasteiger partial charge < -0.3 is 14.5 Å². The van der Waals surface area contributed by atoms with E-state index in [2.05, 4.69) is 31.3 Å². The lowest BCUT2D eigenvalue weighted by molar-refractivity contribution is -0.117. The molecule has 0 radical (unpaired) electrons. The predicted octanol–water partition coefficient (Wildman–Crippen LogP) is 5.62. The van der Waals surface area contributed by atoms with Crippen LogP contribution in [-0.2, 0) is 17.9 Å². The molecule has 0 atom stereocenters. The van der Waals surface area contributed by atoms with Gasteiger partial charge >= 0.3 is 0 Å². The van der Waals surface area contributed by atoms with Crippen LogP contribution in [0.4, 0.5) is 5.13 Å². The third kappa shape index (κ3) is 5.46. The number of anilines is 1. The van der Waals surface area contributed by atoms with E-state index in [-0.39, 0.29) is 23.9 Å². The van der Waals surface area contributed by atoms with E-state index < -0.39 is 0 Å². The Bertz CT molecular complexity index is 1260. The molecule has 0 bridgehead atoms. The maximum absolute atomic E-state index is 12.4. The van der Waals surface area contributed by atoms with Crippen LogP contribution >= 0.6 is 39.5 Å². The molecule has 4 aromatic rings. The van der Waals surface area contributed by atoms with Crippen LogP contribution in [0.15, 0.2) is 62.8 Å². The molecule has 1 N–H and O–H groups in total. The predicted molar refractivity (Wildman–Crippen MR) is 125 cm³/mol. The molecule has 0 unspecified atom stereocenters. The van der Waals surface area contributed by atoms with E-state index in [0.717, 1.165) is 27.0 Å². The van der Waals surface area contributed by atoms with Crippen molar-refractivity contribution in [1.29, 1.82) is 0 Å². The van der Waals surface area contributed by atoms with Crippen molar-refractivity contribution in [2.45, 2.75) is 20.1 Å². The molecule has 2 aromatic heterocycles. The average molecular weight is 517 g/mol. The van der Waals surface area contributed by atoms with Gasteiger partial charge in [-0.2, -0.15) is 0 Å². The summed E-state index contributed by atoms with van der Waals surface area (Å²) in [7, 11) is 0. The van der Waals surface area contributed by atoms with E-state index in [1.807, 2.05) is 60.8 Å². The van der Waals surface area contributed by atoms with Gasteiger partial charge in [-0.3, -0.25) is 4.79 Å². The highest BCUT2D eigenvalue weighted by molar-refractivity contribution is 9.10. The molecule has 31 heavy (non-hydrogen) atoms. The number of ether oxygens (including phenoxy) is 1. The summed E-state index contributed by atoms with van der Waals surface area (Å²) >= 11 is 9.94. The Hall–Kier alpha value is -2.82. The van der Waals surface area contributed by atoms with Crippen LogP contribution in [0.25, 0.3) is 11.3 Å². The fourth-order valence-corrected chi connectivity index (χ4v) is 3.95. The number of aromatic nitrogens is 3. The standard InChI is InChI=1S/C21H17BrN4O3S2/c1-13-4-2-3-5-17(13)28-11-19-25-26(21(30)29-19)10-18(27)24-20-23-16(12-31-20)14-6-8-15(22)9-7-14/h2-9,12H,10-11H2,1H3,(H,23,24,27). The molecule has 0 spiro atoms. The number of thiazole rings is 1. The number of halogens is 1. The lowest BCUT2D eigenvalue weighted by atomic mass is 10.2. The van der Waals surface area contributed by atoms with E-state index >= 15 is 0 Å². The van der Waals surface area contributed by atoms with Gasteiger partial charge in [-0.1, -0.05) is 46.3 Å². The van der Waals surface area contributed by atoms with Gasteiger partial charge in [0.15, 0.2) is 11.7 Å². The number of nitrogens with one attached hydrogen (secondary N) is 1. The summed E-state index contributed by atoms with van der Waals surface area (Å²) in [6.07, 6.45) is 0. The molecular weight excluding hydrogens is 500 g/mol. The minimum atomic E-state index is -0.299. The van der Waals surface area contributed by atoms with Gasteiger partial charge in [0.05, 0.1) is 5.69 Å². The van der Waals surface area contributed by atoms with Crippen LogP contribution < -0.4 is 10.1 Å². The van der Waals surface area contributed by atoms with Crippen molar-refractivity contribution in [3.63, 3.8) is 0 Å². The Morgan fingerprint density at radius 2 is 2.03 bits per heavy atom. The Kier molecular flexibility index (Phi) is 6.59. The first-order valence-electron chi connectivity index (χ1n) is 9.24. The monoisotopic (exact) mass is 516 g/mol. The fourth-order valence-electron chi connectivity index (χ4n) is 2.74. The smallest absolute Gasteiger partial charge is 0.287 e. The molecule has 0 saturated heterocycles. The van der Waals surface area contributed by atoms with Crippen molar-refractivity contribution in [2.24, 2.45) is 0 Å². The highest BCUT2D eigenvalue weighted by Crippen LogP contribution is 2.26. The summed E-state index contributed by atoms with van der Waals surface area (Å²) in [5.41, 5.74) is 2.77. The van der Waals surface area contributed by atoms with E-state index in [9.17, 15) is 4.79 Å². The Morgan fingerprint density at radius 1 is 1.26 bits per heavy atom. The fraction of sp³-hybridized carbons (Fsp3) is 0.143. The summed E-state index contributed by atoms with van der Waals surface area (Å²) in [6, 6.07) is 15.5. The first kappa shape index (κ1) is 21.4. The maximum Gasteiger partial charge on any atom is 0.287 e. The molecule has 2 aromatic carbocycles. The quantitative estimate of drug-likeness (QED) is 0.321. The average Bonchev–Trinajstić information content (AvgIpc) is 3.34. The van der Waals surface area contributed by atoms with Crippen LogP contribution in [0.2, 0.25) is 0 Å². The first-order valence-corrected chi connectivity index (χ1v) is 11.3. The summed E-state index contributed by atoms with van der Waals surface area (Å²) in [6.45, 7) is 1.99. The topological polar surface area (TPSA) is 82.2 Å². The number of carbonyl (C=O) groups excluding carboxylic acids is 1. The van der Waals surface area contributed by atoms with Crippen molar-refractivity contribution in [3.05, 3.63) is 74.7 Å². The molecule has 4 rings (SSSR count). The molecule has 2 heterocycles. The van der Waals surface area contributed by atoms with E-state index in [1.54, 1.807) is 0 Å². The molecule has 0 aliphatic carbocycles. The Labute approximate surface area is 195 Å². The van der Waals surface area contributed by atoms with E-state index in [0.29, 0.717) is 11.0 Å². The largest absolute Gasteiger partial charge is 0.484 e. The second-order valence-corrected chi connectivity index (χ2v) is 8.69.